The lowest BCUT2D eigenvalue weighted by Gasteiger charge is -2.32. The first kappa shape index (κ1) is 22.0. The monoisotopic (exact) mass is 441 g/mol. The normalized spacial score (nSPS) is 20.5. The lowest BCUT2D eigenvalue weighted by Crippen LogP contribution is -2.43. The van der Waals surface area contributed by atoms with Crippen LogP contribution in [0.25, 0.3) is 0 Å². The van der Waals surface area contributed by atoms with Gasteiger partial charge in [-0.25, -0.2) is 4.90 Å². The maximum atomic E-state index is 12.9. The maximum absolute atomic E-state index is 12.9. The van der Waals surface area contributed by atoms with E-state index in [1.54, 1.807) is 12.1 Å². The van der Waals surface area contributed by atoms with E-state index in [0.717, 1.165) is 51.2 Å². The first-order valence-electron chi connectivity index (χ1n) is 11.2. The third kappa shape index (κ3) is 5.53. The molecule has 1 aromatic carbocycles. The molecular formula is C24H31N3O3S. The third-order valence-electron chi connectivity index (χ3n) is 6.03. The molecule has 2 amide bonds. The molecule has 2 fully saturated rings. The molecule has 2 aliphatic rings. The van der Waals surface area contributed by atoms with Gasteiger partial charge in [-0.15, -0.1) is 11.3 Å². The highest BCUT2D eigenvalue weighted by Gasteiger charge is 2.39. The third-order valence-corrected chi connectivity index (χ3v) is 6.90. The molecule has 31 heavy (non-hydrogen) atoms. The predicted molar refractivity (Wildman–Crippen MR) is 123 cm³/mol. The van der Waals surface area contributed by atoms with E-state index >= 15 is 0 Å². The number of rotatable bonds is 9. The molecule has 0 saturated carbocycles. The van der Waals surface area contributed by atoms with Crippen molar-refractivity contribution in [1.29, 1.82) is 0 Å². The fraction of sp³-hybridized carbons (Fsp3) is 0.500. The largest absolute Gasteiger partial charge is 0.494 e. The molecule has 0 radical (unpaired) electrons. The van der Waals surface area contributed by atoms with Crippen LogP contribution in [0.3, 0.4) is 0 Å². The Morgan fingerprint density at radius 1 is 1.13 bits per heavy atom. The molecule has 2 saturated heterocycles. The van der Waals surface area contributed by atoms with E-state index in [9.17, 15) is 9.59 Å². The predicted octanol–water partition coefficient (Wildman–Crippen LogP) is 3.67. The Balaban J connectivity index is 1.25. The van der Waals surface area contributed by atoms with Gasteiger partial charge in [0.1, 0.15) is 5.75 Å². The van der Waals surface area contributed by atoms with Gasteiger partial charge in [0.15, 0.2) is 0 Å². The minimum atomic E-state index is -0.423. The van der Waals surface area contributed by atoms with Gasteiger partial charge in [0.25, 0.3) is 5.91 Å². The summed E-state index contributed by atoms with van der Waals surface area (Å²) in [6, 6.07) is 11.1. The molecule has 6 nitrogen and oxygen atoms in total. The first-order chi connectivity index (χ1) is 15.1. The highest BCUT2D eigenvalue weighted by molar-refractivity contribution is 7.09. The fourth-order valence-electron chi connectivity index (χ4n) is 4.25. The molecule has 0 aliphatic carbocycles. The second-order valence-electron chi connectivity index (χ2n) is 8.37. The van der Waals surface area contributed by atoms with Crippen LogP contribution in [-0.4, -0.2) is 49.0 Å². The number of imide groups is 1. The molecule has 3 heterocycles. The Morgan fingerprint density at radius 2 is 1.90 bits per heavy atom. The molecule has 1 atom stereocenters. The van der Waals surface area contributed by atoms with E-state index in [4.69, 9.17) is 4.74 Å². The standard InChI is InChI=1S/C24H31N3O3S/c1-2-13-30-20-7-5-19(6-8-20)27-23(28)15-22(24(27)29)25-16-18-9-11-26(12-10-18)17-21-4-3-14-31-21/h3-8,14,18,22,25H,2,9-13,15-17H2,1H3. The maximum Gasteiger partial charge on any atom is 0.251 e. The summed E-state index contributed by atoms with van der Waals surface area (Å²) < 4.78 is 5.59. The van der Waals surface area contributed by atoms with Crippen LogP contribution in [0.4, 0.5) is 5.69 Å². The molecule has 166 valence electrons. The molecular weight excluding hydrogens is 410 g/mol. The number of piperidine rings is 1. The topological polar surface area (TPSA) is 61.9 Å². The van der Waals surface area contributed by atoms with Gasteiger partial charge in [-0.1, -0.05) is 13.0 Å². The number of amides is 2. The van der Waals surface area contributed by atoms with Gasteiger partial charge < -0.3 is 10.1 Å². The van der Waals surface area contributed by atoms with Crippen molar-refractivity contribution in [2.45, 2.75) is 45.2 Å². The van der Waals surface area contributed by atoms with Crippen LogP contribution in [-0.2, 0) is 16.1 Å². The zero-order valence-corrected chi connectivity index (χ0v) is 18.9. The van der Waals surface area contributed by atoms with Gasteiger partial charge in [-0.2, -0.15) is 0 Å². The molecule has 1 unspecified atom stereocenters. The molecule has 1 N–H and O–H groups in total. The molecule has 7 heteroatoms. The lowest BCUT2D eigenvalue weighted by atomic mass is 9.96. The summed E-state index contributed by atoms with van der Waals surface area (Å²) >= 11 is 1.81. The highest BCUT2D eigenvalue weighted by Crippen LogP contribution is 2.26. The minimum absolute atomic E-state index is 0.143. The number of ether oxygens (including phenoxy) is 1. The Hall–Kier alpha value is -2.22. The van der Waals surface area contributed by atoms with Gasteiger partial charge in [-0.3, -0.25) is 14.5 Å². The van der Waals surface area contributed by atoms with Crippen molar-refractivity contribution < 1.29 is 14.3 Å². The molecule has 4 rings (SSSR count). The zero-order chi connectivity index (χ0) is 21.6. The summed E-state index contributed by atoms with van der Waals surface area (Å²) in [4.78, 5) is 30.6. The number of nitrogens with zero attached hydrogens (tertiary/aromatic N) is 2. The SMILES string of the molecule is CCCOc1ccc(N2C(=O)CC(NCC3CCN(Cc4cccs4)CC3)C2=O)cc1. The fourth-order valence-corrected chi connectivity index (χ4v) is 5.00. The Bertz CT molecular complexity index is 861. The number of benzene rings is 1. The van der Waals surface area contributed by atoms with Gasteiger partial charge >= 0.3 is 0 Å². The van der Waals surface area contributed by atoms with E-state index in [1.807, 2.05) is 23.5 Å². The first-order valence-corrected chi connectivity index (χ1v) is 12.1. The number of hydrogen-bond acceptors (Lipinski definition) is 6. The van der Waals surface area contributed by atoms with Gasteiger partial charge in [-0.05, 0) is 80.5 Å². The summed E-state index contributed by atoms with van der Waals surface area (Å²) in [7, 11) is 0. The lowest BCUT2D eigenvalue weighted by molar-refractivity contribution is -0.121. The number of likely N-dealkylation sites (tertiary alicyclic amines) is 1. The zero-order valence-electron chi connectivity index (χ0n) is 18.1. The van der Waals surface area contributed by atoms with Crippen molar-refractivity contribution >= 4 is 28.8 Å². The van der Waals surface area contributed by atoms with E-state index in [2.05, 4.69) is 34.7 Å². The number of carbonyl (C=O) groups is 2. The van der Waals surface area contributed by atoms with Crippen molar-refractivity contribution in [2.24, 2.45) is 5.92 Å². The second kappa shape index (κ2) is 10.4. The van der Waals surface area contributed by atoms with Crippen LogP contribution in [0.5, 0.6) is 5.75 Å². The van der Waals surface area contributed by atoms with E-state index < -0.39 is 6.04 Å². The Morgan fingerprint density at radius 3 is 2.58 bits per heavy atom. The van der Waals surface area contributed by atoms with Crippen LogP contribution < -0.4 is 15.0 Å². The number of anilines is 1. The van der Waals surface area contributed by atoms with Crippen molar-refractivity contribution in [3.8, 4) is 5.75 Å². The van der Waals surface area contributed by atoms with Crippen molar-refractivity contribution in [3.63, 3.8) is 0 Å². The van der Waals surface area contributed by atoms with E-state index in [0.29, 0.717) is 18.2 Å². The van der Waals surface area contributed by atoms with Crippen LogP contribution in [0, 0.1) is 5.92 Å². The molecule has 0 spiro atoms. The number of carbonyl (C=O) groups excluding carboxylic acids is 2. The summed E-state index contributed by atoms with van der Waals surface area (Å²) in [5, 5.41) is 5.51. The van der Waals surface area contributed by atoms with E-state index in [1.165, 1.54) is 9.78 Å². The van der Waals surface area contributed by atoms with Crippen LogP contribution >= 0.6 is 11.3 Å². The van der Waals surface area contributed by atoms with Crippen LogP contribution in [0.15, 0.2) is 41.8 Å². The van der Waals surface area contributed by atoms with Crippen molar-refractivity contribution in [3.05, 3.63) is 46.7 Å². The smallest absolute Gasteiger partial charge is 0.251 e. The van der Waals surface area contributed by atoms with Crippen LogP contribution in [0.2, 0.25) is 0 Å². The summed E-state index contributed by atoms with van der Waals surface area (Å²) in [5.41, 5.74) is 0.616. The van der Waals surface area contributed by atoms with Crippen LogP contribution in [0.1, 0.15) is 37.5 Å². The summed E-state index contributed by atoms with van der Waals surface area (Å²) in [6.45, 7) is 6.69. The minimum Gasteiger partial charge on any atom is -0.494 e. The van der Waals surface area contributed by atoms with Gasteiger partial charge in [0.2, 0.25) is 5.91 Å². The number of nitrogens with one attached hydrogen (secondary N) is 1. The number of hydrogen-bond donors (Lipinski definition) is 1. The quantitative estimate of drug-likeness (QED) is 0.602. The Labute approximate surface area is 188 Å². The average Bonchev–Trinajstić information content (AvgIpc) is 3.39. The average molecular weight is 442 g/mol. The summed E-state index contributed by atoms with van der Waals surface area (Å²) in [6.07, 6.45) is 3.41. The van der Waals surface area contributed by atoms with Gasteiger partial charge in [0, 0.05) is 11.4 Å². The van der Waals surface area contributed by atoms with Gasteiger partial charge in [0.05, 0.1) is 24.8 Å². The summed E-state index contributed by atoms with van der Waals surface area (Å²) in [5.74, 6) is 1.01. The van der Waals surface area contributed by atoms with Crippen molar-refractivity contribution in [1.82, 2.24) is 10.2 Å². The molecule has 0 bridgehead atoms. The highest BCUT2D eigenvalue weighted by atomic mass is 32.1. The Kier molecular flexibility index (Phi) is 7.37. The second-order valence-corrected chi connectivity index (χ2v) is 9.41. The van der Waals surface area contributed by atoms with Crippen molar-refractivity contribution in [2.75, 3.05) is 31.1 Å². The molecule has 2 aromatic rings. The molecule has 1 aromatic heterocycles. The molecule has 2 aliphatic heterocycles. The van der Waals surface area contributed by atoms with E-state index in [-0.39, 0.29) is 18.2 Å². The number of thiophene rings is 1.